The first kappa shape index (κ1) is 12.5. The van der Waals surface area contributed by atoms with Crippen LogP contribution in [0.1, 0.15) is 11.1 Å². The quantitative estimate of drug-likeness (QED) is 0.829. The molecule has 0 saturated carbocycles. The second kappa shape index (κ2) is 5.14. The van der Waals surface area contributed by atoms with Crippen LogP contribution in [0.5, 0.6) is 0 Å². The number of thiocarbonyl (C=S) groups is 1. The van der Waals surface area contributed by atoms with E-state index in [1.54, 1.807) is 12.1 Å². The van der Waals surface area contributed by atoms with Crippen LogP contribution in [0.15, 0.2) is 42.5 Å². The van der Waals surface area contributed by atoms with Crippen LogP contribution in [0.2, 0.25) is 0 Å². The molecule has 0 amide bonds. The van der Waals surface area contributed by atoms with Gasteiger partial charge in [0.05, 0.1) is 5.69 Å². The van der Waals surface area contributed by atoms with E-state index in [0.717, 1.165) is 16.8 Å². The third kappa shape index (κ3) is 2.65. The Morgan fingerprint density at radius 1 is 1.22 bits per heavy atom. The first-order valence-electron chi connectivity index (χ1n) is 5.50. The Hall–Kier alpha value is -1.94. The average molecular weight is 260 g/mol. The Balaban J connectivity index is 2.42. The van der Waals surface area contributed by atoms with Crippen molar-refractivity contribution in [2.24, 2.45) is 5.73 Å². The monoisotopic (exact) mass is 260 g/mol. The highest BCUT2D eigenvalue weighted by Crippen LogP contribution is 2.25. The molecule has 0 aliphatic carbocycles. The van der Waals surface area contributed by atoms with Gasteiger partial charge in [-0.1, -0.05) is 30.4 Å². The van der Waals surface area contributed by atoms with Crippen LogP contribution in [0.3, 0.4) is 0 Å². The number of hydrogen-bond acceptors (Lipinski definition) is 2. The minimum atomic E-state index is -0.287. The van der Waals surface area contributed by atoms with E-state index in [0.29, 0.717) is 10.7 Å². The summed E-state index contributed by atoms with van der Waals surface area (Å²) in [6.45, 7) is 1.95. The molecular formula is C14H13FN2S. The number of nitrogens with two attached hydrogens (primary N) is 1. The first-order chi connectivity index (χ1) is 8.58. The Labute approximate surface area is 111 Å². The summed E-state index contributed by atoms with van der Waals surface area (Å²) < 4.78 is 13.1. The van der Waals surface area contributed by atoms with Crippen molar-refractivity contribution in [2.75, 3.05) is 5.32 Å². The van der Waals surface area contributed by atoms with Gasteiger partial charge >= 0.3 is 0 Å². The summed E-state index contributed by atoms with van der Waals surface area (Å²) in [7, 11) is 0. The second-order valence-electron chi connectivity index (χ2n) is 4.00. The fourth-order valence-corrected chi connectivity index (χ4v) is 1.92. The predicted molar refractivity (Wildman–Crippen MR) is 76.7 cm³/mol. The highest BCUT2D eigenvalue weighted by Gasteiger charge is 2.08. The van der Waals surface area contributed by atoms with Crippen LogP contribution in [-0.2, 0) is 0 Å². The van der Waals surface area contributed by atoms with Gasteiger partial charge in [-0.3, -0.25) is 0 Å². The fraction of sp³-hybridized carbons (Fsp3) is 0.0714. The zero-order chi connectivity index (χ0) is 13.1. The van der Waals surface area contributed by atoms with Crippen molar-refractivity contribution in [2.45, 2.75) is 6.92 Å². The third-order valence-corrected chi connectivity index (χ3v) is 2.85. The van der Waals surface area contributed by atoms with E-state index in [1.165, 1.54) is 12.1 Å². The van der Waals surface area contributed by atoms with E-state index in [-0.39, 0.29) is 5.82 Å². The van der Waals surface area contributed by atoms with Gasteiger partial charge in [-0.2, -0.15) is 0 Å². The van der Waals surface area contributed by atoms with Gasteiger partial charge in [0, 0.05) is 11.3 Å². The lowest BCUT2D eigenvalue weighted by atomic mass is 10.1. The molecule has 2 aromatic carbocycles. The van der Waals surface area contributed by atoms with Gasteiger partial charge in [0.2, 0.25) is 0 Å². The lowest BCUT2D eigenvalue weighted by Gasteiger charge is -2.14. The standard InChI is InChI=1S/C14H13FN2S/c1-9-4-2-7-12(14(16)18)13(9)17-11-6-3-5-10(15)8-11/h2-8,17H,1H3,(H2,16,18). The van der Waals surface area contributed by atoms with Crippen molar-refractivity contribution < 1.29 is 4.39 Å². The van der Waals surface area contributed by atoms with Crippen molar-refractivity contribution in [1.82, 2.24) is 0 Å². The molecule has 0 spiro atoms. The number of para-hydroxylation sites is 1. The molecule has 2 aromatic rings. The summed E-state index contributed by atoms with van der Waals surface area (Å²) in [5, 5.41) is 3.16. The molecule has 0 saturated heterocycles. The minimum Gasteiger partial charge on any atom is -0.389 e. The Bertz CT molecular complexity index is 596. The van der Waals surface area contributed by atoms with Gasteiger partial charge in [-0.25, -0.2) is 4.39 Å². The summed E-state index contributed by atoms with van der Waals surface area (Å²) in [5.41, 5.74) is 8.93. The molecule has 0 aromatic heterocycles. The second-order valence-corrected chi connectivity index (χ2v) is 4.44. The highest BCUT2D eigenvalue weighted by atomic mass is 32.1. The molecule has 92 valence electrons. The maximum Gasteiger partial charge on any atom is 0.125 e. The highest BCUT2D eigenvalue weighted by molar-refractivity contribution is 7.80. The van der Waals surface area contributed by atoms with Crippen LogP contribution in [0.25, 0.3) is 0 Å². The number of benzene rings is 2. The number of halogens is 1. The van der Waals surface area contributed by atoms with Crippen LogP contribution < -0.4 is 11.1 Å². The number of rotatable bonds is 3. The predicted octanol–water partition coefficient (Wildman–Crippen LogP) is 3.51. The summed E-state index contributed by atoms with van der Waals surface area (Å²) in [6.07, 6.45) is 0. The third-order valence-electron chi connectivity index (χ3n) is 2.63. The molecule has 2 rings (SSSR count). The van der Waals surface area contributed by atoms with Gasteiger partial charge in [0.1, 0.15) is 10.8 Å². The number of aryl methyl sites for hydroxylation is 1. The molecule has 18 heavy (non-hydrogen) atoms. The smallest absolute Gasteiger partial charge is 0.125 e. The lowest BCUT2D eigenvalue weighted by molar-refractivity contribution is 0.628. The van der Waals surface area contributed by atoms with Gasteiger partial charge in [0.15, 0.2) is 0 Å². The topological polar surface area (TPSA) is 38.0 Å². The van der Waals surface area contributed by atoms with Crippen LogP contribution in [0.4, 0.5) is 15.8 Å². The van der Waals surface area contributed by atoms with Crippen LogP contribution in [-0.4, -0.2) is 4.99 Å². The van der Waals surface area contributed by atoms with Crippen LogP contribution >= 0.6 is 12.2 Å². The summed E-state index contributed by atoms with van der Waals surface area (Å²) >= 11 is 5.01. The van der Waals surface area contributed by atoms with Crippen molar-refractivity contribution in [3.05, 3.63) is 59.4 Å². The van der Waals surface area contributed by atoms with Crippen molar-refractivity contribution in [1.29, 1.82) is 0 Å². The number of nitrogens with one attached hydrogen (secondary N) is 1. The summed E-state index contributed by atoms with van der Waals surface area (Å²) in [5.74, 6) is -0.287. The zero-order valence-corrected chi connectivity index (χ0v) is 10.7. The van der Waals surface area contributed by atoms with Crippen LogP contribution in [0, 0.1) is 12.7 Å². The molecule has 0 heterocycles. The largest absolute Gasteiger partial charge is 0.389 e. The van der Waals surface area contributed by atoms with Crippen molar-refractivity contribution in [3.63, 3.8) is 0 Å². The molecule has 3 N–H and O–H groups in total. The van der Waals surface area contributed by atoms with E-state index >= 15 is 0 Å². The van der Waals surface area contributed by atoms with Gasteiger partial charge < -0.3 is 11.1 Å². The van der Waals surface area contributed by atoms with Gasteiger partial charge in [0.25, 0.3) is 0 Å². The molecular weight excluding hydrogens is 247 g/mol. The molecule has 0 radical (unpaired) electrons. The molecule has 4 heteroatoms. The normalized spacial score (nSPS) is 10.1. The van der Waals surface area contributed by atoms with E-state index < -0.39 is 0 Å². The molecule has 0 atom stereocenters. The van der Waals surface area contributed by atoms with Crippen molar-refractivity contribution in [3.8, 4) is 0 Å². The summed E-state index contributed by atoms with van der Waals surface area (Å²) in [6, 6.07) is 11.9. The van der Waals surface area contributed by atoms with Gasteiger partial charge in [-0.15, -0.1) is 0 Å². The van der Waals surface area contributed by atoms with Gasteiger partial charge in [-0.05, 0) is 36.8 Å². The fourth-order valence-electron chi connectivity index (χ4n) is 1.75. The number of hydrogen-bond donors (Lipinski definition) is 2. The number of anilines is 2. The van der Waals surface area contributed by atoms with E-state index in [9.17, 15) is 4.39 Å². The van der Waals surface area contributed by atoms with Crippen molar-refractivity contribution >= 4 is 28.6 Å². The molecule has 0 aliphatic rings. The van der Waals surface area contributed by atoms with E-state index in [2.05, 4.69) is 5.32 Å². The minimum absolute atomic E-state index is 0.287. The lowest BCUT2D eigenvalue weighted by Crippen LogP contribution is -2.12. The zero-order valence-electron chi connectivity index (χ0n) is 9.91. The Morgan fingerprint density at radius 2 is 1.94 bits per heavy atom. The molecule has 0 aliphatic heterocycles. The molecule has 0 unspecified atom stereocenters. The summed E-state index contributed by atoms with van der Waals surface area (Å²) in [4.78, 5) is 0.317. The Morgan fingerprint density at radius 3 is 2.61 bits per heavy atom. The average Bonchev–Trinajstić information content (AvgIpc) is 2.31. The molecule has 0 fully saturated rings. The maximum absolute atomic E-state index is 13.1. The molecule has 0 bridgehead atoms. The SMILES string of the molecule is Cc1cccc(C(N)=S)c1Nc1cccc(F)c1. The van der Waals surface area contributed by atoms with E-state index in [1.807, 2.05) is 25.1 Å². The Kier molecular flexibility index (Phi) is 3.58. The molecule has 2 nitrogen and oxygen atoms in total. The maximum atomic E-state index is 13.1. The first-order valence-corrected chi connectivity index (χ1v) is 5.91. The van der Waals surface area contributed by atoms with E-state index in [4.69, 9.17) is 18.0 Å².